The molecule has 0 saturated carbocycles. The van der Waals surface area contributed by atoms with Crippen molar-refractivity contribution in [2.75, 3.05) is 0 Å². The second kappa shape index (κ2) is 7.03. The van der Waals surface area contributed by atoms with E-state index in [1.165, 1.54) is 0 Å². The van der Waals surface area contributed by atoms with Crippen molar-refractivity contribution in [3.8, 4) is 0 Å². The van der Waals surface area contributed by atoms with E-state index in [9.17, 15) is 4.79 Å². The summed E-state index contributed by atoms with van der Waals surface area (Å²) in [5.41, 5.74) is 6.21. The van der Waals surface area contributed by atoms with Crippen molar-refractivity contribution in [3.05, 3.63) is 108 Å². The number of amides is 1. The van der Waals surface area contributed by atoms with Crippen LogP contribution in [0.4, 0.5) is 0 Å². The Morgan fingerprint density at radius 3 is 2.08 bits per heavy atom. The minimum atomic E-state index is -0.349. The standard InChI is InChI=1S/C21H16N4O/c26-21(18-15-25-14-8-7-13-19(25)22-18)24-23-20(16-9-3-1-4-10-16)17-11-5-2-6-12-17/h1-15H,(H,24,26). The molecule has 5 nitrogen and oxygen atoms in total. The number of benzene rings is 2. The maximum absolute atomic E-state index is 12.5. The summed E-state index contributed by atoms with van der Waals surface area (Å²) in [6.07, 6.45) is 3.53. The summed E-state index contributed by atoms with van der Waals surface area (Å²) in [5, 5.41) is 4.38. The van der Waals surface area contributed by atoms with Gasteiger partial charge in [0, 0.05) is 23.5 Å². The topological polar surface area (TPSA) is 58.8 Å². The number of carbonyl (C=O) groups excluding carboxylic acids is 1. The molecule has 4 rings (SSSR count). The number of fused-ring (bicyclic) bond motifs is 1. The molecule has 1 N–H and O–H groups in total. The normalized spacial score (nSPS) is 10.5. The molecule has 2 aromatic carbocycles. The van der Waals surface area contributed by atoms with E-state index in [0.717, 1.165) is 11.1 Å². The molecule has 0 aliphatic heterocycles. The van der Waals surface area contributed by atoms with E-state index in [1.54, 1.807) is 10.6 Å². The fraction of sp³-hybridized carbons (Fsp3) is 0. The predicted molar refractivity (Wildman–Crippen MR) is 101 cm³/mol. The Labute approximate surface area is 150 Å². The van der Waals surface area contributed by atoms with Crippen molar-refractivity contribution in [2.24, 2.45) is 5.10 Å². The highest BCUT2D eigenvalue weighted by atomic mass is 16.2. The van der Waals surface area contributed by atoms with Gasteiger partial charge in [-0.3, -0.25) is 4.79 Å². The fourth-order valence-electron chi connectivity index (χ4n) is 2.70. The highest BCUT2D eigenvalue weighted by Gasteiger charge is 2.12. The molecule has 4 aromatic rings. The summed E-state index contributed by atoms with van der Waals surface area (Å²) in [6, 6.07) is 25.1. The number of nitrogens with zero attached hydrogens (tertiary/aromatic N) is 3. The van der Waals surface area contributed by atoms with Crippen LogP contribution >= 0.6 is 0 Å². The molecule has 5 heteroatoms. The van der Waals surface area contributed by atoms with E-state index in [1.807, 2.05) is 85.1 Å². The van der Waals surface area contributed by atoms with Gasteiger partial charge in [0.2, 0.25) is 0 Å². The van der Waals surface area contributed by atoms with Crippen LogP contribution in [0.2, 0.25) is 0 Å². The Bertz CT molecular complexity index is 994. The summed E-state index contributed by atoms with van der Waals surface area (Å²) in [4.78, 5) is 16.8. The molecule has 126 valence electrons. The van der Waals surface area contributed by atoms with E-state index < -0.39 is 0 Å². The van der Waals surface area contributed by atoms with Gasteiger partial charge in [0.25, 0.3) is 5.91 Å². The molecular weight excluding hydrogens is 324 g/mol. The first-order chi connectivity index (χ1) is 12.8. The van der Waals surface area contributed by atoms with E-state index >= 15 is 0 Å². The first-order valence-electron chi connectivity index (χ1n) is 8.24. The zero-order valence-electron chi connectivity index (χ0n) is 13.9. The minimum absolute atomic E-state index is 0.320. The van der Waals surface area contributed by atoms with Crippen LogP contribution in [0.1, 0.15) is 21.6 Å². The van der Waals surface area contributed by atoms with Crippen LogP contribution in [0.3, 0.4) is 0 Å². The quantitative estimate of drug-likeness (QED) is 0.456. The third kappa shape index (κ3) is 3.23. The van der Waals surface area contributed by atoms with Crippen molar-refractivity contribution in [1.82, 2.24) is 14.8 Å². The van der Waals surface area contributed by atoms with Gasteiger partial charge in [-0.05, 0) is 12.1 Å². The number of imidazole rings is 1. The molecular formula is C21H16N4O. The maximum atomic E-state index is 12.5. The van der Waals surface area contributed by atoms with E-state index in [-0.39, 0.29) is 5.91 Å². The first-order valence-corrected chi connectivity index (χ1v) is 8.24. The monoisotopic (exact) mass is 340 g/mol. The highest BCUT2D eigenvalue weighted by molar-refractivity contribution is 6.13. The summed E-state index contributed by atoms with van der Waals surface area (Å²) in [7, 11) is 0. The van der Waals surface area contributed by atoms with Gasteiger partial charge in [0.1, 0.15) is 11.3 Å². The van der Waals surface area contributed by atoms with Gasteiger partial charge in [-0.1, -0.05) is 66.7 Å². The summed E-state index contributed by atoms with van der Waals surface area (Å²) in [5.74, 6) is -0.349. The number of hydrazone groups is 1. The van der Waals surface area contributed by atoms with Crippen LogP contribution in [-0.2, 0) is 0 Å². The first kappa shape index (κ1) is 15.8. The molecule has 0 aliphatic rings. The Hall–Kier alpha value is -3.73. The summed E-state index contributed by atoms with van der Waals surface area (Å²) < 4.78 is 1.80. The number of nitrogens with one attached hydrogen (secondary N) is 1. The van der Waals surface area contributed by atoms with Gasteiger partial charge >= 0.3 is 0 Å². The second-order valence-electron chi connectivity index (χ2n) is 5.73. The third-order valence-corrected chi connectivity index (χ3v) is 3.96. The Morgan fingerprint density at radius 2 is 1.46 bits per heavy atom. The van der Waals surface area contributed by atoms with Crippen molar-refractivity contribution in [1.29, 1.82) is 0 Å². The summed E-state index contributed by atoms with van der Waals surface area (Å²) >= 11 is 0. The van der Waals surface area contributed by atoms with Crippen LogP contribution in [-0.4, -0.2) is 21.0 Å². The van der Waals surface area contributed by atoms with Crippen molar-refractivity contribution in [3.63, 3.8) is 0 Å². The largest absolute Gasteiger partial charge is 0.306 e. The van der Waals surface area contributed by atoms with Crippen LogP contribution in [0.25, 0.3) is 5.65 Å². The molecule has 0 unspecified atom stereocenters. The smallest absolute Gasteiger partial charge is 0.291 e. The highest BCUT2D eigenvalue weighted by Crippen LogP contribution is 2.11. The second-order valence-corrected chi connectivity index (χ2v) is 5.73. The number of pyridine rings is 1. The zero-order valence-corrected chi connectivity index (χ0v) is 13.9. The van der Waals surface area contributed by atoms with Gasteiger partial charge in [0.05, 0.1) is 5.71 Å². The molecule has 2 aromatic heterocycles. The fourth-order valence-corrected chi connectivity index (χ4v) is 2.70. The van der Waals surface area contributed by atoms with Crippen LogP contribution in [0, 0.1) is 0 Å². The van der Waals surface area contributed by atoms with Crippen molar-refractivity contribution < 1.29 is 4.79 Å². The van der Waals surface area contributed by atoms with E-state index in [4.69, 9.17) is 0 Å². The molecule has 0 fully saturated rings. The number of rotatable bonds is 4. The lowest BCUT2D eigenvalue weighted by atomic mass is 10.0. The molecule has 1 amide bonds. The maximum Gasteiger partial charge on any atom is 0.291 e. The Kier molecular flexibility index (Phi) is 4.26. The van der Waals surface area contributed by atoms with Gasteiger partial charge in [-0.2, -0.15) is 5.10 Å². The van der Waals surface area contributed by atoms with Crippen LogP contribution < -0.4 is 5.43 Å². The number of hydrogen-bond acceptors (Lipinski definition) is 3. The van der Waals surface area contributed by atoms with Gasteiger partial charge in [0.15, 0.2) is 0 Å². The van der Waals surface area contributed by atoms with Gasteiger partial charge in [-0.25, -0.2) is 10.4 Å². The van der Waals surface area contributed by atoms with E-state index in [0.29, 0.717) is 17.1 Å². The molecule has 0 aliphatic carbocycles. The Balaban J connectivity index is 1.65. The molecule has 0 spiro atoms. The number of aromatic nitrogens is 2. The molecule has 0 radical (unpaired) electrons. The van der Waals surface area contributed by atoms with Crippen molar-refractivity contribution in [2.45, 2.75) is 0 Å². The molecule has 0 atom stereocenters. The van der Waals surface area contributed by atoms with Crippen LogP contribution in [0.5, 0.6) is 0 Å². The third-order valence-electron chi connectivity index (χ3n) is 3.96. The SMILES string of the molecule is O=C(NN=C(c1ccccc1)c1ccccc1)c1cn2ccccc2n1. The van der Waals surface area contributed by atoms with Gasteiger partial charge in [-0.15, -0.1) is 0 Å². The lowest BCUT2D eigenvalue weighted by Crippen LogP contribution is -2.21. The molecule has 0 saturated heterocycles. The van der Waals surface area contributed by atoms with E-state index in [2.05, 4.69) is 15.5 Å². The zero-order chi connectivity index (χ0) is 17.8. The number of hydrogen-bond donors (Lipinski definition) is 1. The average Bonchev–Trinajstić information content (AvgIpc) is 3.14. The van der Waals surface area contributed by atoms with Gasteiger partial charge < -0.3 is 4.40 Å². The molecule has 26 heavy (non-hydrogen) atoms. The van der Waals surface area contributed by atoms with Crippen molar-refractivity contribution >= 4 is 17.3 Å². The predicted octanol–water partition coefficient (Wildman–Crippen LogP) is 3.52. The lowest BCUT2D eigenvalue weighted by molar-refractivity contribution is 0.0950. The van der Waals surface area contributed by atoms with Crippen LogP contribution in [0.15, 0.2) is 96.4 Å². The molecule has 2 heterocycles. The number of carbonyl (C=O) groups is 1. The minimum Gasteiger partial charge on any atom is -0.306 e. The lowest BCUT2D eigenvalue weighted by Gasteiger charge is -2.07. The average molecular weight is 340 g/mol. The molecule has 0 bridgehead atoms. The Morgan fingerprint density at radius 1 is 0.846 bits per heavy atom. The summed E-state index contributed by atoms with van der Waals surface area (Å²) in [6.45, 7) is 0.